The number of carbonyl (C=O) groups is 2. The third kappa shape index (κ3) is 4.42. The standard InChI is InChI=1S/C12H14ClN3O4S/c13-9-4-2-1-3-8(9)7-21(19,20)14-6-5-10-11(17)16-12(18)15-10/h1-4,10,14H,5-7H2,(H2,15,16,17,18). The Balaban J connectivity index is 1.86. The Hall–Kier alpha value is -1.64. The number of amides is 3. The van der Waals surface area contributed by atoms with Crippen molar-refractivity contribution in [1.82, 2.24) is 15.4 Å². The first-order valence-electron chi connectivity index (χ1n) is 6.19. The van der Waals surface area contributed by atoms with Crippen molar-refractivity contribution in [1.29, 1.82) is 0 Å². The minimum atomic E-state index is -3.56. The summed E-state index contributed by atoms with van der Waals surface area (Å²) < 4.78 is 26.2. The molecule has 1 aliphatic rings. The van der Waals surface area contributed by atoms with E-state index in [0.717, 1.165) is 0 Å². The van der Waals surface area contributed by atoms with Crippen molar-refractivity contribution in [2.75, 3.05) is 6.54 Å². The topological polar surface area (TPSA) is 104 Å². The molecule has 1 heterocycles. The highest BCUT2D eigenvalue weighted by atomic mass is 35.5. The van der Waals surface area contributed by atoms with E-state index in [0.29, 0.717) is 10.6 Å². The molecule has 9 heteroatoms. The van der Waals surface area contributed by atoms with Crippen molar-refractivity contribution < 1.29 is 18.0 Å². The molecule has 0 saturated carbocycles. The zero-order valence-electron chi connectivity index (χ0n) is 10.9. The van der Waals surface area contributed by atoms with Gasteiger partial charge >= 0.3 is 6.03 Å². The van der Waals surface area contributed by atoms with E-state index in [1.54, 1.807) is 24.3 Å². The summed E-state index contributed by atoms with van der Waals surface area (Å²) in [5.41, 5.74) is 0.499. The van der Waals surface area contributed by atoms with Crippen molar-refractivity contribution in [3.05, 3.63) is 34.9 Å². The van der Waals surface area contributed by atoms with E-state index in [-0.39, 0.29) is 18.7 Å². The van der Waals surface area contributed by atoms with Crippen molar-refractivity contribution in [3.8, 4) is 0 Å². The molecule has 1 saturated heterocycles. The minimum Gasteiger partial charge on any atom is -0.326 e. The van der Waals surface area contributed by atoms with Crippen molar-refractivity contribution in [3.63, 3.8) is 0 Å². The molecule has 0 spiro atoms. The van der Waals surface area contributed by atoms with Crippen LogP contribution in [-0.4, -0.2) is 32.9 Å². The van der Waals surface area contributed by atoms with Crippen LogP contribution in [-0.2, 0) is 20.6 Å². The first kappa shape index (κ1) is 15.7. The zero-order chi connectivity index (χ0) is 15.5. The number of benzene rings is 1. The van der Waals surface area contributed by atoms with Gasteiger partial charge in [-0.25, -0.2) is 17.9 Å². The molecule has 0 aromatic heterocycles. The molecule has 1 atom stereocenters. The second kappa shape index (κ2) is 6.42. The highest BCUT2D eigenvalue weighted by Crippen LogP contribution is 2.17. The van der Waals surface area contributed by atoms with E-state index in [9.17, 15) is 18.0 Å². The molecule has 1 aromatic rings. The van der Waals surface area contributed by atoms with Crippen LogP contribution in [0.1, 0.15) is 12.0 Å². The molecule has 1 unspecified atom stereocenters. The molecule has 3 N–H and O–H groups in total. The molecule has 21 heavy (non-hydrogen) atoms. The molecule has 1 aromatic carbocycles. The molecular formula is C12H14ClN3O4S. The van der Waals surface area contributed by atoms with Gasteiger partial charge in [0.25, 0.3) is 5.91 Å². The first-order chi connectivity index (χ1) is 9.87. The third-order valence-corrected chi connectivity index (χ3v) is 4.62. The van der Waals surface area contributed by atoms with Gasteiger partial charge in [0.15, 0.2) is 0 Å². The number of hydrogen-bond acceptors (Lipinski definition) is 4. The lowest BCUT2D eigenvalue weighted by molar-refractivity contribution is -0.120. The number of imide groups is 1. The fourth-order valence-electron chi connectivity index (χ4n) is 1.89. The van der Waals surface area contributed by atoms with E-state index in [1.165, 1.54) is 0 Å². The lowest BCUT2D eigenvalue weighted by Crippen LogP contribution is -2.35. The van der Waals surface area contributed by atoms with Crippen LogP contribution in [0.5, 0.6) is 0 Å². The third-order valence-electron chi connectivity index (χ3n) is 2.92. The van der Waals surface area contributed by atoms with Crippen LogP contribution in [0.15, 0.2) is 24.3 Å². The molecule has 0 radical (unpaired) electrons. The van der Waals surface area contributed by atoms with Gasteiger partial charge < -0.3 is 5.32 Å². The lowest BCUT2D eigenvalue weighted by Gasteiger charge is -2.10. The molecular weight excluding hydrogens is 318 g/mol. The Labute approximate surface area is 127 Å². The Bertz CT molecular complexity index is 662. The number of urea groups is 1. The largest absolute Gasteiger partial charge is 0.326 e. The summed E-state index contributed by atoms with van der Waals surface area (Å²) in [6, 6.07) is 5.39. The van der Waals surface area contributed by atoms with E-state index in [2.05, 4.69) is 15.4 Å². The normalized spacial score (nSPS) is 18.4. The zero-order valence-corrected chi connectivity index (χ0v) is 12.5. The molecule has 0 bridgehead atoms. The fourth-order valence-corrected chi connectivity index (χ4v) is 3.37. The summed E-state index contributed by atoms with van der Waals surface area (Å²) in [7, 11) is -3.56. The molecule has 3 amide bonds. The number of rotatable bonds is 6. The second-order valence-corrected chi connectivity index (χ2v) is 6.76. The summed E-state index contributed by atoms with van der Waals surface area (Å²) in [4.78, 5) is 22.2. The molecule has 0 aliphatic carbocycles. The number of carbonyl (C=O) groups excluding carboxylic acids is 2. The highest BCUT2D eigenvalue weighted by Gasteiger charge is 2.29. The highest BCUT2D eigenvalue weighted by molar-refractivity contribution is 7.88. The number of sulfonamides is 1. The van der Waals surface area contributed by atoms with Crippen LogP contribution in [0.4, 0.5) is 4.79 Å². The Kier molecular flexibility index (Phi) is 4.81. The monoisotopic (exact) mass is 331 g/mol. The van der Waals surface area contributed by atoms with Crippen molar-refractivity contribution in [2.45, 2.75) is 18.2 Å². The van der Waals surface area contributed by atoms with Crippen LogP contribution >= 0.6 is 11.6 Å². The van der Waals surface area contributed by atoms with Crippen molar-refractivity contribution >= 4 is 33.6 Å². The van der Waals surface area contributed by atoms with Gasteiger partial charge in [0.1, 0.15) is 6.04 Å². The Morgan fingerprint density at radius 2 is 1.95 bits per heavy atom. The van der Waals surface area contributed by atoms with Crippen LogP contribution in [0.3, 0.4) is 0 Å². The number of halogens is 1. The van der Waals surface area contributed by atoms with E-state index >= 15 is 0 Å². The molecule has 2 rings (SSSR count). The van der Waals surface area contributed by atoms with Crippen molar-refractivity contribution in [2.24, 2.45) is 0 Å². The molecule has 7 nitrogen and oxygen atoms in total. The number of hydrogen-bond donors (Lipinski definition) is 3. The average Bonchev–Trinajstić information content (AvgIpc) is 2.70. The van der Waals surface area contributed by atoms with Crippen LogP contribution < -0.4 is 15.4 Å². The van der Waals surface area contributed by atoms with Gasteiger partial charge in [0, 0.05) is 11.6 Å². The van der Waals surface area contributed by atoms with Crippen LogP contribution in [0.2, 0.25) is 5.02 Å². The van der Waals surface area contributed by atoms with E-state index < -0.39 is 28.0 Å². The quantitative estimate of drug-likeness (QED) is 0.654. The summed E-state index contributed by atoms with van der Waals surface area (Å²) in [6.07, 6.45) is 0.180. The Morgan fingerprint density at radius 3 is 2.57 bits per heavy atom. The molecule has 114 valence electrons. The summed E-state index contributed by atoms with van der Waals surface area (Å²) >= 11 is 5.91. The van der Waals surface area contributed by atoms with Gasteiger partial charge in [-0.2, -0.15) is 0 Å². The van der Waals surface area contributed by atoms with Gasteiger partial charge in [-0.1, -0.05) is 29.8 Å². The maximum absolute atomic E-state index is 11.9. The van der Waals surface area contributed by atoms with E-state index in [1.807, 2.05) is 0 Å². The maximum Gasteiger partial charge on any atom is 0.322 e. The molecule has 1 aliphatic heterocycles. The smallest absolute Gasteiger partial charge is 0.322 e. The predicted octanol–water partition coefficient (Wildman–Crippen LogP) is 0.358. The number of nitrogens with one attached hydrogen (secondary N) is 3. The SMILES string of the molecule is O=C1NC(=O)C(CCNS(=O)(=O)Cc2ccccc2Cl)N1. The second-order valence-electron chi connectivity index (χ2n) is 4.55. The first-order valence-corrected chi connectivity index (χ1v) is 8.22. The van der Waals surface area contributed by atoms with Crippen LogP contribution in [0, 0.1) is 0 Å². The van der Waals surface area contributed by atoms with Gasteiger partial charge in [-0.3, -0.25) is 10.1 Å². The lowest BCUT2D eigenvalue weighted by atomic mass is 10.2. The maximum atomic E-state index is 11.9. The summed E-state index contributed by atoms with van der Waals surface area (Å²) in [6.45, 7) is 0.0468. The summed E-state index contributed by atoms with van der Waals surface area (Å²) in [5, 5.41) is 4.85. The summed E-state index contributed by atoms with van der Waals surface area (Å²) in [5.74, 6) is -0.694. The molecule has 1 fully saturated rings. The fraction of sp³-hybridized carbons (Fsp3) is 0.333. The van der Waals surface area contributed by atoms with Gasteiger partial charge in [-0.05, 0) is 18.1 Å². The van der Waals surface area contributed by atoms with Gasteiger partial charge in [0.05, 0.1) is 5.75 Å². The average molecular weight is 332 g/mol. The van der Waals surface area contributed by atoms with Gasteiger partial charge in [0.2, 0.25) is 10.0 Å². The van der Waals surface area contributed by atoms with Crippen LogP contribution in [0.25, 0.3) is 0 Å². The Morgan fingerprint density at radius 1 is 1.24 bits per heavy atom. The van der Waals surface area contributed by atoms with E-state index in [4.69, 9.17) is 11.6 Å². The minimum absolute atomic E-state index is 0.0468. The van der Waals surface area contributed by atoms with Gasteiger partial charge in [-0.15, -0.1) is 0 Å². The predicted molar refractivity (Wildman–Crippen MR) is 77.2 cm³/mol.